The van der Waals surface area contributed by atoms with Gasteiger partial charge in [-0.1, -0.05) is 13.0 Å². The third kappa shape index (κ3) is 4.66. The van der Waals surface area contributed by atoms with Gasteiger partial charge in [0, 0.05) is 32.2 Å². The van der Waals surface area contributed by atoms with Crippen molar-refractivity contribution in [3.8, 4) is 0 Å². The van der Waals surface area contributed by atoms with E-state index in [4.69, 9.17) is 9.47 Å². The molecular weight excluding hydrogens is 459 g/mol. The Morgan fingerprint density at radius 3 is 2.77 bits per heavy atom. The summed E-state index contributed by atoms with van der Waals surface area (Å²) >= 11 is 0. The summed E-state index contributed by atoms with van der Waals surface area (Å²) in [6.07, 6.45) is 2.30. The first kappa shape index (κ1) is 24.8. The second-order valence-electron chi connectivity index (χ2n) is 10.9. The standard InChI is InChI=1S/C26H36F3N3O3/c1-3-25(9-7-17(13-25)11-18-8-10-35-16-21(18)34-2)24(33)32-15-19-12-20(32)14-31(19)23-6-4-5-22(30-23)26(27,28)29/h4-6,17-21H,3,7-16H2,1-2H3/t17-,18+,19-,20-,21+,25-/m0/s1. The van der Waals surface area contributed by atoms with Gasteiger partial charge >= 0.3 is 6.18 Å². The van der Waals surface area contributed by atoms with Gasteiger partial charge in [-0.15, -0.1) is 0 Å². The van der Waals surface area contributed by atoms with Gasteiger partial charge < -0.3 is 19.3 Å². The number of halogens is 3. The first-order chi connectivity index (χ1) is 16.7. The van der Waals surface area contributed by atoms with Gasteiger partial charge in [0.15, 0.2) is 0 Å². The van der Waals surface area contributed by atoms with Gasteiger partial charge in [-0.25, -0.2) is 4.98 Å². The lowest BCUT2D eigenvalue weighted by Gasteiger charge is -2.40. The second-order valence-corrected chi connectivity index (χ2v) is 10.9. The van der Waals surface area contributed by atoms with E-state index in [1.807, 2.05) is 9.80 Å². The molecule has 9 heteroatoms. The molecule has 35 heavy (non-hydrogen) atoms. The first-order valence-electron chi connectivity index (χ1n) is 13.0. The first-order valence-corrected chi connectivity index (χ1v) is 13.0. The highest BCUT2D eigenvalue weighted by molar-refractivity contribution is 5.84. The van der Waals surface area contributed by atoms with Gasteiger partial charge in [-0.2, -0.15) is 13.2 Å². The molecule has 194 valence electrons. The Morgan fingerprint density at radius 1 is 1.26 bits per heavy atom. The summed E-state index contributed by atoms with van der Waals surface area (Å²) in [5, 5.41) is 0. The van der Waals surface area contributed by atoms with Gasteiger partial charge in [0.05, 0.1) is 24.8 Å². The molecule has 6 nitrogen and oxygen atoms in total. The maximum Gasteiger partial charge on any atom is 0.433 e. The molecule has 0 spiro atoms. The van der Waals surface area contributed by atoms with Crippen molar-refractivity contribution in [3.05, 3.63) is 23.9 Å². The van der Waals surface area contributed by atoms with Gasteiger partial charge in [0.2, 0.25) is 5.91 Å². The van der Waals surface area contributed by atoms with Crippen LogP contribution in [0.4, 0.5) is 19.0 Å². The molecule has 1 amide bonds. The number of likely N-dealkylation sites (tertiary alicyclic amines) is 1. The number of fused-ring (bicyclic) bond motifs is 2. The van der Waals surface area contributed by atoms with Crippen LogP contribution in [0, 0.1) is 17.3 Å². The molecule has 2 bridgehead atoms. The van der Waals surface area contributed by atoms with E-state index in [0.717, 1.165) is 57.6 Å². The molecule has 1 aliphatic carbocycles. The maximum atomic E-state index is 13.9. The van der Waals surface area contributed by atoms with Crippen LogP contribution in [-0.4, -0.2) is 67.4 Å². The number of anilines is 1. The van der Waals surface area contributed by atoms with Crippen LogP contribution in [-0.2, 0) is 20.4 Å². The van der Waals surface area contributed by atoms with E-state index in [1.165, 1.54) is 6.07 Å². The lowest BCUT2D eigenvalue weighted by Crippen LogP contribution is -2.53. The normalized spacial score (nSPS) is 35.2. The molecule has 5 rings (SSSR count). The van der Waals surface area contributed by atoms with E-state index in [-0.39, 0.29) is 29.5 Å². The van der Waals surface area contributed by atoms with Crippen LogP contribution in [0.3, 0.4) is 0 Å². The van der Waals surface area contributed by atoms with Crippen molar-refractivity contribution in [3.63, 3.8) is 0 Å². The number of pyridine rings is 1. The molecule has 4 aliphatic rings. The molecule has 0 radical (unpaired) electrons. The fourth-order valence-corrected chi connectivity index (χ4v) is 7.06. The van der Waals surface area contributed by atoms with Crippen LogP contribution in [0.1, 0.15) is 57.6 Å². The van der Waals surface area contributed by atoms with Crippen LogP contribution >= 0.6 is 0 Å². The van der Waals surface area contributed by atoms with Crippen LogP contribution < -0.4 is 4.90 Å². The minimum Gasteiger partial charge on any atom is -0.379 e. The lowest BCUT2D eigenvalue weighted by molar-refractivity contribution is -0.143. The molecule has 4 fully saturated rings. The topological polar surface area (TPSA) is 54.9 Å². The quantitative estimate of drug-likeness (QED) is 0.581. The Labute approximate surface area is 205 Å². The number of ether oxygens (including phenoxy) is 2. The third-order valence-corrected chi connectivity index (χ3v) is 9.04. The number of rotatable bonds is 6. The maximum absolute atomic E-state index is 13.9. The van der Waals surface area contributed by atoms with Crippen molar-refractivity contribution in [2.24, 2.45) is 17.3 Å². The lowest BCUT2D eigenvalue weighted by atomic mass is 9.79. The summed E-state index contributed by atoms with van der Waals surface area (Å²) in [6.45, 7) is 4.67. The van der Waals surface area contributed by atoms with Crippen molar-refractivity contribution < 1.29 is 27.4 Å². The Morgan fingerprint density at radius 2 is 2.09 bits per heavy atom. The molecule has 1 aromatic heterocycles. The zero-order valence-electron chi connectivity index (χ0n) is 20.6. The van der Waals surface area contributed by atoms with Crippen LogP contribution in [0.2, 0.25) is 0 Å². The van der Waals surface area contributed by atoms with E-state index in [0.29, 0.717) is 37.4 Å². The van der Waals surface area contributed by atoms with Gasteiger partial charge in [-0.3, -0.25) is 4.79 Å². The predicted octanol–water partition coefficient (Wildman–Crippen LogP) is 4.53. The van der Waals surface area contributed by atoms with E-state index >= 15 is 0 Å². The predicted molar refractivity (Wildman–Crippen MR) is 125 cm³/mol. The van der Waals surface area contributed by atoms with E-state index in [2.05, 4.69) is 11.9 Å². The molecule has 0 N–H and O–H groups in total. The Hall–Kier alpha value is -1.87. The van der Waals surface area contributed by atoms with Crippen molar-refractivity contribution in [2.75, 3.05) is 38.3 Å². The summed E-state index contributed by atoms with van der Waals surface area (Å²) in [6, 6.07) is 4.12. The van der Waals surface area contributed by atoms with Crippen LogP contribution in [0.15, 0.2) is 18.2 Å². The smallest absolute Gasteiger partial charge is 0.379 e. The number of piperazine rings is 1. The summed E-state index contributed by atoms with van der Waals surface area (Å²) in [5.74, 6) is 1.61. The summed E-state index contributed by atoms with van der Waals surface area (Å²) < 4.78 is 50.6. The summed E-state index contributed by atoms with van der Waals surface area (Å²) in [7, 11) is 1.75. The number of methoxy groups -OCH3 is 1. The van der Waals surface area contributed by atoms with Crippen molar-refractivity contribution >= 4 is 11.7 Å². The fourth-order valence-electron chi connectivity index (χ4n) is 7.06. The number of carbonyl (C=O) groups excluding carboxylic acids is 1. The molecule has 0 unspecified atom stereocenters. The monoisotopic (exact) mass is 495 g/mol. The minimum atomic E-state index is -4.46. The molecule has 1 saturated carbocycles. The van der Waals surface area contributed by atoms with Crippen molar-refractivity contribution in [1.82, 2.24) is 9.88 Å². The highest BCUT2D eigenvalue weighted by Gasteiger charge is 2.53. The number of alkyl halides is 3. The summed E-state index contributed by atoms with van der Waals surface area (Å²) in [4.78, 5) is 21.7. The number of hydrogen-bond acceptors (Lipinski definition) is 5. The number of hydrogen-bond donors (Lipinski definition) is 0. The molecule has 1 aromatic rings. The highest BCUT2D eigenvalue weighted by Crippen LogP contribution is 2.50. The van der Waals surface area contributed by atoms with E-state index in [9.17, 15) is 18.0 Å². The van der Waals surface area contributed by atoms with Gasteiger partial charge in [0.25, 0.3) is 0 Å². The van der Waals surface area contributed by atoms with Gasteiger partial charge in [0.1, 0.15) is 11.5 Å². The molecule has 3 saturated heterocycles. The number of amides is 1. The third-order valence-electron chi connectivity index (χ3n) is 9.04. The zero-order valence-corrected chi connectivity index (χ0v) is 20.6. The molecule has 3 aliphatic heterocycles. The van der Waals surface area contributed by atoms with Crippen LogP contribution in [0.5, 0.6) is 0 Å². The van der Waals surface area contributed by atoms with Crippen molar-refractivity contribution in [2.45, 2.75) is 76.2 Å². The van der Waals surface area contributed by atoms with E-state index < -0.39 is 11.9 Å². The fraction of sp³-hybridized carbons (Fsp3) is 0.769. The average Bonchev–Trinajstić information content (AvgIpc) is 3.58. The SMILES string of the molecule is CC[C@]1(C(=O)N2C[C@@H]3C[C@H]2CN3c2cccc(C(F)(F)F)n2)CC[C@@H](C[C@H]2CCOC[C@H]2OC)C1. The minimum absolute atomic E-state index is 0.0238. The Bertz CT molecular complexity index is 929. The number of nitrogens with zero attached hydrogens (tertiary/aromatic N) is 3. The van der Waals surface area contributed by atoms with Crippen LogP contribution in [0.25, 0.3) is 0 Å². The summed E-state index contributed by atoms with van der Waals surface area (Å²) in [5.41, 5.74) is -1.19. The zero-order chi connectivity index (χ0) is 24.8. The largest absolute Gasteiger partial charge is 0.433 e. The average molecular weight is 496 g/mol. The van der Waals surface area contributed by atoms with E-state index in [1.54, 1.807) is 13.2 Å². The molecule has 6 atom stereocenters. The Kier molecular flexibility index (Phi) is 6.76. The molecule has 0 aromatic carbocycles. The molecule has 4 heterocycles. The number of carbonyl (C=O) groups is 1. The van der Waals surface area contributed by atoms with Crippen molar-refractivity contribution in [1.29, 1.82) is 0 Å². The van der Waals surface area contributed by atoms with Gasteiger partial charge in [-0.05, 0) is 68.9 Å². The highest BCUT2D eigenvalue weighted by atomic mass is 19.4. The Balaban J connectivity index is 1.23. The second kappa shape index (κ2) is 9.54. The number of aromatic nitrogens is 1. The molecular formula is C26H36F3N3O3.